The molecule has 2 aromatic carbocycles. The van der Waals surface area contributed by atoms with Crippen molar-refractivity contribution in [3.8, 4) is 11.5 Å². The number of benzene rings is 2. The second-order valence-corrected chi connectivity index (χ2v) is 8.18. The molecule has 6 nitrogen and oxygen atoms in total. The minimum Gasteiger partial charge on any atom is -0.454 e. The van der Waals surface area contributed by atoms with E-state index in [1.165, 1.54) is 16.0 Å². The molecule has 6 heteroatoms. The van der Waals surface area contributed by atoms with Crippen LogP contribution in [0.5, 0.6) is 11.5 Å². The molecule has 1 fully saturated rings. The van der Waals surface area contributed by atoms with Gasteiger partial charge in [-0.2, -0.15) is 0 Å². The van der Waals surface area contributed by atoms with Gasteiger partial charge in [0.15, 0.2) is 18.0 Å². The highest BCUT2D eigenvalue weighted by Gasteiger charge is 2.26. The topological polar surface area (TPSA) is 56.4 Å². The normalized spacial score (nSPS) is 21.6. The van der Waals surface area contributed by atoms with E-state index in [0.29, 0.717) is 6.54 Å². The molecule has 2 aliphatic heterocycles. The first-order valence-corrected chi connectivity index (χ1v) is 10.5. The highest BCUT2D eigenvalue weighted by atomic mass is 16.7. The van der Waals surface area contributed by atoms with Crippen molar-refractivity contribution in [3.63, 3.8) is 0 Å². The number of amides is 1. The number of piperazine rings is 1. The van der Waals surface area contributed by atoms with Crippen LogP contribution in [0.2, 0.25) is 0 Å². The molecule has 0 spiro atoms. The third-order valence-corrected chi connectivity index (χ3v) is 6.05. The summed E-state index contributed by atoms with van der Waals surface area (Å²) in [6, 6.07) is 14.4. The average molecular weight is 398 g/mol. The molecule has 0 aliphatic carbocycles. The van der Waals surface area contributed by atoms with Crippen LogP contribution in [0.15, 0.2) is 42.5 Å². The monoisotopic (exact) mass is 397 g/mol. The number of hydrogen-bond donors (Lipinski definition) is 3. The Labute approximate surface area is 172 Å². The van der Waals surface area contributed by atoms with Gasteiger partial charge in [0.1, 0.15) is 32.7 Å². The Kier molecular flexibility index (Phi) is 6.02. The first kappa shape index (κ1) is 19.7. The summed E-state index contributed by atoms with van der Waals surface area (Å²) in [5.41, 5.74) is 3.83. The second kappa shape index (κ2) is 8.84. The molecule has 1 atom stereocenters. The van der Waals surface area contributed by atoms with E-state index in [0.717, 1.165) is 49.8 Å². The van der Waals surface area contributed by atoms with Crippen molar-refractivity contribution in [2.75, 3.05) is 39.5 Å². The lowest BCUT2D eigenvalue weighted by molar-refractivity contribution is -1.02. The predicted octanol–water partition coefficient (Wildman–Crippen LogP) is -0.115. The first-order valence-electron chi connectivity index (χ1n) is 10.5. The molecule has 1 saturated heterocycles. The molecule has 4 rings (SSSR count). The van der Waals surface area contributed by atoms with Gasteiger partial charge in [-0.15, -0.1) is 0 Å². The molecule has 29 heavy (non-hydrogen) atoms. The minimum atomic E-state index is -0.0515. The molecule has 0 saturated carbocycles. The summed E-state index contributed by atoms with van der Waals surface area (Å²) in [5.74, 6) is 1.62. The minimum absolute atomic E-state index is 0.0515. The Morgan fingerprint density at radius 3 is 2.55 bits per heavy atom. The van der Waals surface area contributed by atoms with Crippen LogP contribution < -0.4 is 24.6 Å². The van der Waals surface area contributed by atoms with Crippen molar-refractivity contribution in [2.24, 2.45) is 0 Å². The van der Waals surface area contributed by atoms with Crippen LogP contribution in [-0.2, 0) is 11.3 Å². The number of rotatable bonds is 6. The number of carbonyl (C=O) groups excluding carboxylic acids is 1. The molecule has 1 amide bonds. The molecule has 154 valence electrons. The van der Waals surface area contributed by atoms with Crippen LogP contribution in [0, 0.1) is 6.92 Å². The van der Waals surface area contributed by atoms with Gasteiger partial charge in [0, 0.05) is 5.56 Å². The number of quaternary nitrogens is 2. The zero-order valence-electron chi connectivity index (χ0n) is 17.3. The van der Waals surface area contributed by atoms with Crippen molar-refractivity contribution < 1.29 is 24.1 Å². The van der Waals surface area contributed by atoms with Crippen LogP contribution in [0.25, 0.3) is 0 Å². The number of aryl methyl sites for hydroxylation is 1. The molecular formula is C23H31N3O3+2. The summed E-state index contributed by atoms with van der Waals surface area (Å²) >= 11 is 0. The van der Waals surface area contributed by atoms with Crippen LogP contribution >= 0.6 is 0 Å². The maximum Gasteiger partial charge on any atom is 0.275 e. The van der Waals surface area contributed by atoms with Crippen LogP contribution in [0.3, 0.4) is 0 Å². The number of nitrogens with one attached hydrogen (secondary N) is 3. The summed E-state index contributed by atoms with van der Waals surface area (Å²) < 4.78 is 10.8. The molecule has 2 aromatic rings. The fraction of sp³-hybridized carbons (Fsp3) is 0.435. The van der Waals surface area contributed by atoms with Gasteiger partial charge >= 0.3 is 0 Å². The van der Waals surface area contributed by atoms with E-state index in [4.69, 9.17) is 9.47 Å². The fourth-order valence-corrected chi connectivity index (χ4v) is 4.17. The van der Waals surface area contributed by atoms with Crippen molar-refractivity contribution in [2.45, 2.75) is 26.4 Å². The lowest BCUT2D eigenvalue weighted by atomic mass is 10.1. The van der Waals surface area contributed by atoms with Gasteiger partial charge in [-0.25, -0.2) is 0 Å². The summed E-state index contributed by atoms with van der Waals surface area (Å²) in [7, 11) is 0. The van der Waals surface area contributed by atoms with Crippen molar-refractivity contribution in [1.82, 2.24) is 5.32 Å². The largest absolute Gasteiger partial charge is 0.454 e. The van der Waals surface area contributed by atoms with Crippen LogP contribution in [-0.4, -0.2) is 45.4 Å². The van der Waals surface area contributed by atoms with Crippen molar-refractivity contribution in [1.29, 1.82) is 0 Å². The van der Waals surface area contributed by atoms with Crippen molar-refractivity contribution >= 4 is 5.91 Å². The number of ether oxygens (including phenoxy) is 2. The predicted molar refractivity (Wildman–Crippen MR) is 110 cm³/mol. The Bertz CT molecular complexity index is 862. The molecule has 0 unspecified atom stereocenters. The number of hydrogen-bond acceptors (Lipinski definition) is 3. The lowest BCUT2D eigenvalue weighted by Gasteiger charge is -2.30. The fourth-order valence-electron chi connectivity index (χ4n) is 4.17. The second-order valence-electron chi connectivity index (χ2n) is 8.18. The summed E-state index contributed by atoms with van der Waals surface area (Å²) in [4.78, 5) is 15.5. The Morgan fingerprint density at radius 1 is 1.03 bits per heavy atom. The third kappa shape index (κ3) is 4.89. The van der Waals surface area contributed by atoms with E-state index in [2.05, 4.69) is 36.5 Å². The molecule has 3 N–H and O–H groups in total. The average Bonchev–Trinajstić information content (AvgIpc) is 3.19. The van der Waals surface area contributed by atoms with Crippen LogP contribution in [0.4, 0.5) is 0 Å². The zero-order valence-corrected chi connectivity index (χ0v) is 17.3. The van der Waals surface area contributed by atoms with Gasteiger partial charge in [-0.3, -0.25) is 4.79 Å². The number of carbonyl (C=O) groups is 1. The Hall–Kier alpha value is -2.57. The van der Waals surface area contributed by atoms with Gasteiger partial charge in [-0.1, -0.05) is 30.3 Å². The SMILES string of the molecule is Cc1ccccc1C[NH+]1CC[NH+](CC(=O)N[C@H](C)c2ccc3c(c2)OCO3)CC1. The molecule has 0 aromatic heterocycles. The zero-order chi connectivity index (χ0) is 20.2. The van der Waals surface area contributed by atoms with E-state index >= 15 is 0 Å². The van der Waals surface area contributed by atoms with Gasteiger partial charge in [0.2, 0.25) is 6.79 Å². The Balaban J connectivity index is 1.23. The molecule has 0 radical (unpaired) electrons. The third-order valence-electron chi connectivity index (χ3n) is 6.05. The van der Waals surface area contributed by atoms with E-state index in [1.54, 1.807) is 4.90 Å². The molecule has 0 bridgehead atoms. The van der Waals surface area contributed by atoms with E-state index < -0.39 is 0 Å². The summed E-state index contributed by atoms with van der Waals surface area (Å²) in [6.07, 6.45) is 0. The standard InChI is InChI=1S/C23H29N3O3/c1-17-5-3-4-6-20(17)14-25-9-11-26(12-10-25)15-23(27)24-18(2)19-7-8-21-22(13-19)29-16-28-21/h3-8,13,18H,9-12,14-16H2,1-2H3,(H,24,27)/p+2/t18-/m1/s1. The van der Waals surface area contributed by atoms with Gasteiger partial charge in [0.05, 0.1) is 6.04 Å². The molecule has 2 aliphatic rings. The van der Waals surface area contributed by atoms with E-state index in [9.17, 15) is 4.79 Å². The maximum absolute atomic E-state index is 12.6. The molecular weight excluding hydrogens is 366 g/mol. The summed E-state index contributed by atoms with van der Waals surface area (Å²) in [5, 5.41) is 3.13. The number of fused-ring (bicyclic) bond motifs is 1. The van der Waals surface area contributed by atoms with E-state index in [-0.39, 0.29) is 18.7 Å². The van der Waals surface area contributed by atoms with Gasteiger partial charge in [0.25, 0.3) is 5.91 Å². The van der Waals surface area contributed by atoms with Crippen LogP contribution in [0.1, 0.15) is 29.7 Å². The Morgan fingerprint density at radius 2 is 1.76 bits per heavy atom. The first-order chi connectivity index (χ1) is 14.1. The lowest BCUT2D eigenvalue weighted by Crippen LogP contribution is -3.28. The van der Waals surface area contributed by atoms with Gasteiger partial charge in [-0.05, 0) is 37.1 Å². The quantitative estimate of drug-likeness (QED) is 0.637. The summed E-state index contributed by atoms with van der Waals surface area (Å²) in [6.45, 7) is 10.3. The highest BCUT2D eigenvalue weighted by Crippen LogP contribution is 2.34. The van der Waals surface area contributed by atoms with Gasteiger partial charge < -0.3 is 24.6 Å². The van der Waals surface area contributed by atoms with Crippen molar-refractivity contribution in [3.05, 3.63) is 59.2 Å². The highest BCUT2D eigenvalue weighted by molar-refractivity contribution is 5.77. The smallest absolute Gasteiger partial charge is 0.275 e. The van der Waals surface area contributed by atoms with E-state index in [1.807, 2.05) is 25.1 Å². The molecule has 2 heterocycles. The maximum atomic E-state index is 12.6.